The third kappa shape index (κ3) is 3.61. The summed E-state index contributed by atoms with van der Waals surface area (Å²) in [5.41, 5.74) is 4.88. The summed E-state index contributed by atoms with van der Waals surface area (Å²) in [5, 5.41) is 1.06. The lowest BCUT2D eigenvalue weighted by Crippen LogP contribution is -1.93. The zero-order valence-corrected chi connectivity index (χ0v) is 15.5. The molecule has 0 fully saturated rings. The summed E-state index contributed by atoms with van der Waals surface area (Å²) in [6.45, 7) is 2.19. The average Bonchev–Trinajstić information content (AvgIpc) is 2.72. The van der Waals surface area contributed by atoms with Gasteiger partial charge in [-0.25, -0.2) is 9.37 Å². The molecule has 0 N–H and O–H groups in total. The molecule has 0 saturated carbocycles. The van der Waals surface area contributed by atoms with Crippen LogP contribution in [0.1, 0.15) is 25.3 Å². The van der Waals surface area contributed by atoms with E-state index >= 15 is 4.39 Å². The van der Waals surface area contributed by atoms with Gasteiger partial charge in [0, 0.05) is 16.5 Å². The first-order valence-electron chi connectivity index (χ1n) is 9.50. The lowest BCUT2D eigenvalue weighted by atomic mass is 9.98. The molecule has 3 aromatic carbocycles. The molecule has 0 saturated heterocycles. The highest BCUT2D eigenvalue weighted by Gasteiger charge is 2.13. The standard InChI is InChI=1S/C25H22FN/c1-2-3-7-18-12-14-19(15-13-18)21-9-6-10-22(25(21)26)24-17-16-20-8-4-5-11-23(20)27-24/h4-6,8-17H,2-3,7H2,1H3. The Morgan fingerprint density at radius 3 is 2.37 bits per heavy atom. The summed E-state index contributed by atoms with van der Waals surface area (Å²) < 4.78 is 15.3. The molecule has 1 nitrogen and oxygen atoms in total. The van der Waals surface area contributed by atoms with Crippen LogP contribution < -0.4 is 0 Å². The fraction of sp³-hybridized carbons (Fsp3) is 0.160. The number of pyridine rings is 1. The van der Waals surface area contributed by atoms with Gasteiger partial charge in [0.1, 0.15) is 5.82 Å². The number of para-hydroxylation sites is 1. The van der Waals surface area contributed by atoms with E-state index in [0.717, 1.165) is 22.9 Å². The van der Waals surface area contributed by atoms with E-state index in [1.54, 1.807) is 6.07 Å². The zero-order valence-electron chi connectivity index (χ0n) is 15.5. The van der Waals surface area contributed by atoms with Gasteiger partial charge < -0.3 is 0 Å². The monoisotopic (exact) mass is 355 g/mol. The first-order chi connectivity index (χ1) is 13.3. The second kappa shape index (κ2) is 7.71. The minimum atomic E-state index is -0.221. The quantitative estimate of drug-likeness (QED) is 0.374. The van der Waals surface area contributed by atoms with E-state index in [2.05, 4.69) is 24.0 Å². The van der Waals surface area contributed by atoms with Crippen LogP contribution in [0.4, 0.5) is 4.39 Å². The molecule has 0 radical (unpaired) electrons. The van der Waals surface area contributed by atoms with Crippen LogP contribution in [-0.2, 0) is 6.42 Å². The van der Waals surface area contributed by atoms with Crippen molar-refractivity contribution in [3.63, 3.8) is 0 Å². The van der Waals surface area contributed by atoms with E-state index in [1.807, 2.05) is 60.7 Å². The number of hydrogen-bond acceptors (Lipinski definition) is 1. The van der Waals surface area contributed by atoms with Crippen LogP contribution in [0.15, 0.2) is 78.9 Å². The molecule has 1 heterocycles. The molecule has 0 amide bonds. The molecule has 0 aliphatic carbocycles. The Labute approximate surface area is 159 Å². The molecular formula is C25H22FN. The lowest BCUT2D eigenvalue weighted by Gasteiger charge is -2.10. The van der Waals surface area contributed by atoms with Gasteiger partial charge in [0.2, 0.25) is 0 Å². The van der Waals surface area contributed by atoms with Crippen molar-refractivity contribution in [1.82, 2.24) is 4.98 Å². The van der Waals surface area contributed by atoms with Crippen LogP contribution in [0.2, 0.25) is 0 Å². The third-order valence-electron chi connectivity index (χ3n) is 4.96. The number of rotatable bonds is 5. The smallest absolute Gasteiger partial charge is 0.140 e. The van der Waals surface area contributed by atoms with Crippen LogP contribution >= 0.6 is 0 Å². The fourth-order valence-electron chi connectivity index (χ4n) is 3.40. The van der Waals surface area contributed by atoms with Crippen LogP contribution in [0.3, 0.4) is 0 Å². The van der Waals surface area contributed by atoms with Gasteiger partial charge in [0.05, 0.1) is 11.2 Å². The van der Waals surface area contributed by atoms with Crippen molar-refractivity contribution < 1.29 is 4.39 Å². The maximum atomic E-state index is 15.3. The molecule has 134 valence electrons. The number of aryl methyl sites for hydroxylation is 1. The number of hydrogen-bond donors (Lipinski definition) is 0. The number of aromatic nitrogens is 1. The first-order valence-corrected chi connectivity index (χ1v) is 9.50. The van der Waals surface area contributed by atoms with Gasteiger partial charge in [-0.15, -0.1) is 0 Å². The topological polar surface area (TPSA) is 12.9 Å². The molecular weight excluding hydrogens is 333 g/mol. The molecule has 0 unspecified atom stereocenters. The molecule has 0 spiro atoms. The van der Waals surface area contributed by atoms with Crippen molar-refractivity contribution in [2.75, 3.05) is 0 Å². The van der Waals surface area contributed by atoms with Gasteiger partial charge in [-0.3, -0.25) is 0 Å². The van der Waals surface area contributed by atoms with E-state index in [4.69, 9.17) is 0 Å². The summed E-state index contributed by atoms with van der Waals surface area (Å²) >= 11 is 0. The van der Waals surface area contributed by atoms with Crippen molar-refractivity contribution in [3.05, 3.63) is 90.2 Å². The normalized spacial score (nSPS) is 11.0. The van der Waals surface area contributed by atoms with E-state index in [0.29, 0.717) is 16.8 Å². The summed E-state index contributed by atoms with van der Waals surface area (Å²) in [7, 11) is 0. The molecule has 27 heavy (non-hydrogen) atoms. The Morgan fingerprint density at radius 2 is 1.56 bits per heavy atom. The molecule has 0 aliphatic rings. The molecule has 4 rings (SSSR count). The number of unbranched alkanes of at least 4 members (excludes halogenated alkanes) is 1. The number of benzene rings is 3. The van der Waals surface area contributed by atoms with Crippen molar-refractivity contribution in [2.45, 2.75) is 26.2 Å². The van der Waals surface area contributed by atoms with Crippen LogP contribution in [-0.4, -0.2) is 4.98 Å². The minimum Gasteiger partial charge on any atom is -0.248 e. The number of nitrogens with zero attached hydrogens (tertiary/aromatic N) is 1. The predicted molar refractivity (Wildman–Crippen MR) is 111 cm³/mol. The summed E-state index contributed by atoms with van der Waals surface area (Å²) in [6, 6.07) is 25.5. The van der Waals surface area contributed by atoms with Crippen LogP contribution in [0, 0.1) is 5.82 Å². The summed E-state index contributed by atoms with van der Waals surface area (Å²) in [5.74, 6) is -0.221. The van der Waals surface area contributed by atoms with E-state index < -0.39 is 0 Å². The highest BCUT2D eigenvalue weighted by Crippen LogP contribution is 2.31. The maximum absolute atomic E-state index is 15.3. The fourth-order valence-corrected chi connectivity index (χ4v) is 3.40. The zero-order chi connectivity index (χ0) is 18.6. The Kier molecular flexibility index (Phi) is 4.97. The molecule has 1 aromatic heterocycles. The molecule has 0 bridgehead atoms. The number of fused-ring (bicyclic) bond motifs is 1. The predicted octanol–water partition coefficient (Wildman–Crippen LogP) is 7.05. The second-order valence-electron chi connectivity index (χ2n) is 6.86. The summed E-state index contributed by atoms with van der Waals surface area (Å²) in [4.78, 5) is 4.65. The van der Waals surface area contributed by atoms with Gasteiger partial charge in [-0.05, 0) is 42.2 Å². The van der Waals surface area contributed by atoms with Gasteiger partial charge in [0.25, 0.3) is 0 Å². The largest absolute Gasteiger partial charge is 0.248 e. The van der Waals surface area contributed by atoms with Crippen molar-refractivity contribution >= 4 is 10.9 Å². The lowest BCUT2D eigenvalue weighted by molar-refractivity contribution is 0.634. The summed E-state index contributed by atoms with van der Waals surface area (Å²) in [6.07, 6.45) is 3.42. The molecule has 4 aromatic rings. The highest BCUT2D eigenvalue weighted by atomic mass is 19.1. The Hall–Kier alpha value is -3.00. The number of halogens is 1. The molecule has 2 heteroatoms. The van der Waals surface area contributed by atoms with Crippen molar-refractivity contribution in [1.29, 1.82) is 0 Å². The van der Waals surface area contributed by atoms with Gasteiger partial charge in [0.15, 0.2) is 0 Å². The van der Waals surface area contributed by atoms with Gasteiger partial charge in [-0.2, -0.15) is 0 Å². The molecule has 0 aliphatic heterocycles. The van der Waals surface area contributed by atoms with E-state index in [9.17, 15) is 0 Å². The molecule has 0 atom stereocenters. The maximum Gasteiger partial charge on any atom is 0.140 e. The average molecular weight is 355 g/mol. The van der Waals surface area contributed by atoms with Crippen LogP contribution in [0.25, 0.3) is 33.3 Å². The Bertz CT molecular complexity index is 1070. The first kappa shape index (κ1) is 17.4. The van der Waals surface area contributed by atoms with E-state index in [1.165, 1.54) is 18.4 Å². The van der Waals surface area contributed by atoms with Gasteiger partial charge >= 0.3 is 0 Å². The van der Waals surface area contributed by atoms with Gasteiger partial charge in [-0.1, -0.05) is 74.0 Å². The van der Waals surface area contributed by atoms with Crippen molar-refractivity contribution in [3.8, 4) is 22.4 Å². The van der Waals surface area contributed by atoms with Crippen molar-refractivity contribution in [2.24, 2.45) is 0 Å². The van der Waals surface area contributed by atoms with E-state index in [-0.39, 0.29) is 5.82 Å². The third-order valence-corrected chi connectivity index (χ3v) is 4.96. The minimum absolute atomic E-state index is 0.221. The SMILES string of the molecule is CCCCc1ccc(-c2cccc(-c3ccc4ccccc4n3)c2F)cc1. The second-order valence-corrected chi connectivity index (χ2v) is 6.86. The Balaban J connectivity index is 1.72. The Morgan fingerprint density at radius 1 is 0.778 bits per heavy atom. The highest BCUT2D eigenvalue weighted by molar-refractivity contribution is 5.82. The van der Waals surface area contributed by atoms with Crippen LogP contribution in [0.5, 0.6) is 0 Å².